The number of ether oxygens (including phenoxy) is 1. The molecule has 2 N–H and O–H groups in total. The molecule has 0 spiro atoms. The molecule has 118 valence electrons. The summed E-state index contributed by atoms with van der Waals surface area (Å²) in [5.74, 6) is 0.567. The van der Waals surface area contributed by atoms with Crippen molar-refractivity contribution in [3.05, 3.63) is 0 Å². The third-order valence-electron chi connectivity index (χ3n) is 5.84. The third kappa shape index (κ3) is 3.75. The van der Waals surface area contributed by atoms with Gasteiger partial charge >= 0.3 is 0 Å². The lowest BCUT2D eigenvalue weighted by molar-refractivity contribution is -0.00695. The molecule has 3 nitrogen and oxygen atoms in total. The van der Waals surface area contributed by atoms with Crippen molar-refractivity contribution in [1.29, 1.82) is 0 Å². The number of likely N-dealkylation sites (N-methyl/N-ethyl adjacent to an activating group) is 1. The van der Waals surface area contributed by atoms with E-state index in [0.717, 1.165) is 19.4 Å². The second kappa shape index (κ2) is 6.76. The molecule has 2 atom stereocenters. The van der Waals surface area contributed by atoms with Crippen LogP contribution in [0.2, 0.25) is 0 Å². The molecular weight excluding hydrogens is 250 g/mol. The highest BCUT2D eigenvalue weighted by atomic mass is 16.5. The van der Waals surface area contributed by atoms with Crippen molar-refractivity contribution in [2.45, 2.75) is 76.9 Å². The van der Waals surface area contributed by atoms with Crippen LogP contribution >= 0.6 is 0 Å². The van der Waals surface area contributed by atoms with Gasteiger partial charge in [0.05, 0.1) is 12.7 Å². The Morgan fingerprint density at radius 2 is 1.85 bits per heavy atom. The van der Waals surface area contributed by atoms with Crippen molar-refractivity contribution >= 4 is 0 Å². The lowest BCUT2D eigenvalue weighted by atomic mass is 9.76. The Morgan fingerprint density at radius 3 is 2.45 bits per heavy atom. The van der Waals surface area contributed by atoms with E-state index in [0.29, 0.717) is 17.4 Å². The standard InChI is InChI=1S/C17H33NO2/c1-16(2)10-6-15(7-11-16)20-12-8-14-5-4-9-17(14,13-19)18-3/h14-15,18-19H,4-13H2,1-3H3. The smallest absolute Gasteiger partial charge is 0.0615 e. The summed E-state index contributed by atoms with van der Waals surface area (Å²) in [6, 6.07) is 0. The first kappa shape index (κ1) is 16.3. The first-order valence-electron chi connectivity index (χ1n) is 8.43. The summed E-state index contributed by atoms with van der Waals surface area (Å²) in [5, 5.41) is 13.1. The third-order valence-corrected chi connectivity index (χ3v) is 5.84. The van der Waals surface area contributed by atoms with Crippen molar-refractivity contribution in [2.75, 3.05) is 20.3 Å². The van der Waals surface area contributed by atoms with Crippen molar-refractivity contribution in [3.63, 3.8) is 0 Å². The van der Waals surface area contributed by atoms with Crippen LogP contribution in [0, 0.1) is 11.3 Å². The molecular formula is C17H33NO2. The fourth-order valence-electron chi connectivity index (χ4n) is 4.10. The summed E-state index contributed by atoms with van der Waals surface area (Å²) in [5.41, 5.74) is 0.474. The van der Waals surface area contributed by atoms with Crippen LogP contribution < -0.4 is 5.32 Å². The molecule has 2 aliphatic rings. The summed E-state index contributed by atoms with van der Waals surface area (Å²) in [6.07, 6.45) is 10.1. The fourth-order valence-corrected chi connectivity index (χ4v) is 4.10. The van der Waals surface area contributed by atoms with Crippen LogP contribution in [0.25, 0.3) is 0 Å². The molecule has 2 rings (SSSR count). The van der Waals surface area contributed by atoms with Crippen LogP contribution in [0.4, 0.5) is 0 Å². The second-order valence-corrected chi connectivity index (χ2v) is 7.68. The maximum atomic E-state index is 9.69. The van der Waals surface area contributed by atoms with E-state index in [1.165, 1.54) is 38.5 Å². The van der Waals surface area contributed by atoms with Crippen molar-refractivity contribution in [2.24, 2.45) is 11.3 Å². The molecule has 0 aromatic heterocycles. The Balaban J connectivity index is 1.71. The van der Waals surface area contributed by atoms with E-state index in [2.05, 4.69) is 19.2 Å². The average Bonchev–Trinajstić information content (AvgIpc) is 2.84. The summed E-state index contributed by atoms with van der Waals surface area (Å²) >= 11 is 0. The van der Waals surface area contributed by atoms with Crippen molar-refractivity contribution < 1.29 is 9.84 Å². The summed E-state index contributed by atoms with van der Waals surface area (Å²) in [7, 11) is 1.98. The molecule has 0 saturated heterocycles. The molecule has 2 saturated carbocycles. The van der Waals surface area contributed by atoms with E-state index >= 15 is 0 Å². The van der Waals surface area contributed by atoms with Crippen LogP contribution in [0.5, 0.6) is 0 Å². The van der Waals surface area contributed by atoms with Gasteiger partial charge in [0.2, 0.25) is 0 Å². The Morgan fingerprint density at radius 1 is 1.15 bits per heavy atom. The lowest BCUT2D eigenvalue weighted by Gasteiger charge is -2.36. The molecule has 0 bridgehead atoms. The normalized spacial score (nSPS) is 34.5. The minimum Gasteiger partial charge on any atom is -0.394 e. The van der Waals surface area contributed by atoms with Gasteiger partial charge in [-0.2, -0.15) is 0 Å². The molecule has 2 fully saturated rings. The number of nitrogens with one attached hydrogen (secondary N) is 1. The SMILES string of the molecule is CNC1(CO)CCCC1CCOC1CCC(C)(C)CC1. The van der Waals surface area contributed by atoms with Gasteiger partial charge in [0, 0.05) is 12.1 Å². The van der Waals surface area contributed by atoms with E-state index in [-0.39, 0.29) is 12.1 Å². The summed E-state index contributed by atoms with van der Waals surface area (Å²) in [4.78, 5) is 0. The summed E-state index contributed by atoms with van der Waals surface area (Å²) < 4.78 is 6.11. The van der Waals surface area contributed by atoms with E-state index in [1.54, 1.807) is 0 Å². The van der Waals surface area contributed by atoms with Gasteiger partial charge in [-0.05, 0) is 63.3 Å². The van der Waals surface area contributed by atoms with Crippen LogP contribution in [-0.2, 0) is 4.74 Å². The first-order valence-corrected chi connectivity index (χ1v) is 8.43. The van der Waals surface area contributed by atoms with E-state index in [9.17, 15) is 5.11 Å². The second-order valence-electron chi connectivity index (χ2n) is 7.68. The topological polar surface area (TPSA) is 41.5 Å². The van der Waals surface area contributed by atoms with Crippen molar-refractivity contribution in [3.8, 4) is 0 Å². The van der Waals surface area contributed by atoms with Gasteiger partial charge < -0.3 is 15.2 Å². The van der Waals surface area contributed by atoms with Gasteiger partial charge in [0.1, 0.15) is 0 Å². The minimum absolute atomic E-state index is 0.0437. The fraction of sp³-hybridized carbons (Fsp3) is 1.00. The molecule has 2 aliphatic carbocycles. The van der Waals surface area contributed by atoms with Gasteiger partial charge in [-0.1, -0.05) is 20.3 Å². The molecule has 0 amide bonds. The maximum Gasteiger partial charge on any atom is 0.0615 e. The van der Waals surface area contributed by atoms with Crippen LogP contribution in [0.15, 0.2) is 0 Å². The largest absolute Gasteiger partial charge is 0.394 e. The van der Waals surface area contributed by atoms with Crippen molar-refractivity contribution in [1.82, 2.24) is 5.32 Å². The molecule has 0 aromatic rings. The molecule has 0 heterocycles. The van der Waals surface area contributed by atoms with Crippen LogP contribution in [-0.4, -0.2) is 37.0 Å². The monoisotopic (exact) mass is 283 g/mol. The maximum absolute atomic E-state index is 9.69. The van der Waals surface area contributed by atoms with Gasteiger partial charge in [-0.15, -0.1) is 0 Å². The average molecular weight is 283 g/mol. The number of hydrogen-bond donors (Lipinski definition) is 2. The number of hydrogen-bond acceptors (Lipinski definition) is 3. The predicted molar refractivity (Wildman–Crippen MR) is 82.8 cm³/mol. The molecule has 0 radical (unpaired) electrons. The zero-order valence-corrected chi connectivity index (χ0v) is 13.6. The molecule has 20 heavy (non-hydrogen) atoms. The lowest BCUT2D eigenvalue weighted by Crippen LogP contribution is -2.49. The zero-order chi connectivity index (χ0) is 14.6. The van der Waals surface area contributed by atoms with Gasteiger partial charge in [-0.25, -0.2) is 0 Å². The molecule has 0 aromatic carbocycles. The predicted octanol–water partition coefficient (Wildman–Crippen LogP) is 3.11. The zero-order valence-electron chi connectivity index (χ0n) is 13.6. The molecule has 0 aliphatic heterocycles. The Labute approximate surface area is 124 Å². The Kier molecular flexibility index (Phi) is 5.49. The molecule has 3 heteroatoms. The number of rotatable bonds is 6. The Hall–Kier alpha value is -0.120. The quantitative estimate of drug-likeness (QED) is 0.787. The molecule has 2 unspecified atom stereocenters. The van der Waals surface area contributed by atoms with Crippen LogP contribution in [0.3, 0.4) is 0 Å². The Bertz CT molecular complexity index is 289. The minimum atomic E-state index is -0.0437. The first-order chi connectivity index (χ1) is 9.51. The highest BCUT2D eigenvalue weighted by Gasteiger charge is 2.40. The summed E-state index contributed by atoms with van der Waals surface area (Å²) in [6.45, 7) is 5.85. The highest BCUT2D eigenvalue weighted by Crippen LogP contribution is 2.39. The van der Waals surface area contributed by atoms with Crippen LogP contribution in [0.1, 0.15) is 65.2 Å². The van der Waals surface area contributed by atoms with Gasteiger partial charge in [0.25, 0.3) is 0 Å². The van der Waals surface area contributed by atoms with E-state index in [4.69, 9.17) is 4.74 Å². The number of aliphatic hydroxyl groups excluding tert-OH is 1. The van der Waals surface area contributed by atoms with Gasteiger partial charge in [-0.3, -0.25) is 0 Å². The van der Waals surface area contributed by atoms with E-state index < -0.39 is 0 Å². The highest BCUT2D eigenvalue weighted by molar-refractivity contribution is 4.98. The van der Waals surface area contributed by atoms with E-state index in [1.807, 2.05) is 7.05 Å². The van der Waals surface area contributed by atoms with Gasteiger partial charge in [0.15, 0.2) is 0 Å². The number of aliphatic hydroxyl groups is 1.